The lowest BCUT2D eigenvalue weighted by atomic mass is 10.2. The zero-order valence-corrected chi connectivity index (χ0v) is 9.79. The average molecular weight is 331 g/mol. The molecular formula is C7H5BrClI. The highest BCUT2D eigenvalue weighted by Crippen LogP contribution is 2.28. The van der Waals surface area contributed by atoms with Gasteiger partial charge in [0.15, 0.2) is 0 Å². The van der Waals surface area contributed by atoms with E-state index in [9.17, 15) is 0 Å². The standard InChI is InChI=1S/C7H5BrClI/c1-4-5(9)2-3-6(10)7(4)8/h2-3H,1H3. The molecular weight excluding hydrogens is 326 g/mol. The monoisotopic (exact) mass is 330 g/mol. The van der Waals surface area contributed by atoms with Crippen LogP contribution in [0.1, 0.15) is 5.56 Å². The third-order valence-corrected chi connectivity index (χ3v) is 4.34. The van der Waals surface area contributed by atoms with E-state index in [0.717, 1.165) is 15.1 Å². The molecule has 10 heavy (non-hydrogen) atoms. The summed E-state index contributed by atoms with van der Waals surface area (Å²) in [4.78, 5) is 0. The lowest BCUT2D eigenvalue weighted by Gasteiger charge is -2.01. The molecule has 0 spiro atoms. The topological polar surface area (TPSA) is 0 Å². The van der Waals surface area contributed by atoms with Crippen LogP contribution in [0.4, 0.5) is 0 Å². The van der Waals surface area contributed by atoms with Gasteiger partial charge in [-0.15, -0.1) is 0 Å². The van der Waals surface area contributed by atoms with Crippen molar-refractivity contribution in [3.8, 4) is 0 Å². The van der Waals surface area contributed by atoms with Crippen molar-refractivity contribution in [3.63, 3.8) is 0 Å². The third-order valence-electron chi connectivity index (χ3n) is 1.27. The van der Waals surface area contributed by atoms with Crippen LogP contribution in [0.25, 0.3) is 0 Å². The van der Waals surface area contributed by atoms with Gasteiger partial charge in [-0.2, -0.15) is 0 Å². The molecule has 0 saturated heterocycles. The van der Waals surface area contributed by atoms with Crippen molar-refractivity contribution in [2.24, 2.45) is 0 Å². The normalized spacial score (nSPS) is 10.0. The fourth-order valence-corrected chi connectivity index (χ4v) is 1.83. The first-order chi connectivity index (χ1) is 4.63. The van der Waals surface area contributed by atoms with E-state index in [2.05, 4.69) is 38.5 Å². The minimum Gasteiger partial charge on any atom is -0.0840 e. The van der Waals surface area contributed by atoms with Crippen molar-refractivity contribution in [1.29, 1.82) is 0 Å². The largest absolute Gasteiger partial charge is 0.0840 e. The van der Waals surface area contributed by atoms with E-state index < -0.39 is 0 Å². The molecule has 0 heterocycles. The average Bonchev–Trinajstić information content (AvgIpc) is 1.93. The van der Waals surface area contributed by atoms with E-state index in [1.165, 1.54) is 3.57 Å². The summed E-state index contributed by atoms with van der Waals surface area (Å²) in [6.07, 6.45) is 0. The first-order valence-corrected chi connectivity index (χ1v) is 4.98. The summed E-state index contributed by atoms with van der Waals surface area (Å²) >= 11 is 11.6. The van der Waals surface area contributed by atoms with Crippen LogP contribution in [0.5, 0.6) is 0 Å². The molecule has 1 rings (SSSR count). The molecule has 0 aliphatic heterocycles. The molecule has 0 atom stereocenters. The smallest absolute Gasteiger partial charge is 0.0447 e. The molecule has 0 unspecified atom stereocenters. The van der Waals surface area contributed by atoms with Gasteiger partial charge in [0.25, 0.3) is 0 Å². The number of rotatable bonds is 0. The van der Waals surface area contributed by atoms with Crippen LogP contribution in [0.15, 0.2) is 16.6 Å². The van der Waals surface area contributed by atoms with Gasteiger partial charge >= 0.3 is 0 Å². The lowest BCUT2D eigenvalue weighted by Crippen LogP contribution is -1.80. The lowest BCUT2D eigenvalue weighted by molar-refractivity contribution is 1.40. The molecule has 54 valence electrons. The SMILES string of the molecule is Cc1c(Cl)ccc(I)c1Br. The van der Waals surface area contributed by atoms with Crippen molar-refractivity contribution < 1.29 is 0 Å². The summed E-state index contributed by atoms with van der Waals surface area (Å²) in [5, 5.41) is 0.812. The highest BCUT2D eigenvalue weighted by Gasteiger charge is 2.02. The molecule has 0 nitrogen and oxygen atoms in total. The Morgan fingerprint density at radius 1 is 1.50 bits per heavy atom. The first kappa shape index (κ1) is 8.81. The minimum absolute atomic E-state index is 0.812. The van der Waals surface area contributed by atoms with Gasteiger partial charge in [0.2, 0.25) is 0 Å². The Balaban J connectivity index is 3.34. The van der Waals surface area contributed by atoms with Crippen LogP contribution in [-0.4, -0.2) is 0 Å². The minimum atomic E-state index is 0.812. The number of hydrogen-bond donors (Lipinski definition) is 0. The van der Waals surface area contributed by atoms with Gasteiger partial charge in [0, 0.05) is 13.1 Å². The van der Waals surface area contributed by atoms with E-state index in [4.69, 9.17) is 11.6 Å². The molecule has 0 radical (unpaired) electrons. The van der Waals surface area contributed by atoms with Crippen molar-refractivity contribution >= 4 is 50.1 Å². The first-order valence-electron chi connectivity index (χ1n) is 2.73. The van der Waals surface area contributed by atoms with Crippen LogP contribution < -0.4 is 0 Å². The predicted octanol–water partition coefficient (Wildman–Crippen LogP) is 4.02. The van der Waals surface area contributed by atoms with E-state index in [1.54, 1.807) is 0 Å². The maximum atomic E-state index is 5.85. The Hall–Kier alpha value is 0.720. The number of halogens is 3. The second-order valence-corrected chi connectivity index (χ2v) is 4.33. The number of hydrogen-bond acceptors (Lipinski definition) is 0. The molecule has 3 heteroatoms. The zero-order valence-electron chi connectivity index (χ0n) is 5.29. The predicted molar refractivity (Wildman–Crippen MR) is 56.6 cm³/mol. The fraction of sp³-hybridized carbons (Fsp3) is 0.143. The van der Waals surface area contributed by atoms with Crippen molar-refractivity contribution in [1.82, 2.24) is 0 Å². The summed E-state index contributed by atoms with van der Waals surface area (Å²) in [6.45, 7) is 1.99. The number of benzene rings is 1. The Morgan fingerprint density at radius 2 is 2.10 bits per heavy atom. The highest BCUT2D eigenvalue weighted by atomic mass is 127. The molecule has 0 aliphatic carbocycles. The molecule has 0 aromatic heterocycles. The van der Waals surface area contributed by atoms with Crippen LogP contribution in [-0.2, 0) is 0 Å². The Kier molecular flexibility index (Phi) is 3.01. The van der Waals surface area contributed by atoms with E-state index >= 15 is 0 Å². The van der Waals surface area contributed by atoms with Gasteiger partial charge in [-0.05, 0) is 63.1 Å². The Bertz CT molecular complexity index is 233. The zero-order chi connectivity index (χ0) is 7.72. The molecule has 0 bridgehead atoms. The van der Waals surface area contributed by atoms with Crippen molar-refractivity contribution in [2.45, 2.75) is 6.92 Å². The van der Waals surface area contributed by atoms with E-state index in [-0.39, 0.29) is 0 Å². The summed E-state index contributed by atoms with van der Waals surface area (Å²) in [5.74, 6) is 0. The van der Waals surface area contributed by atoms with Gasteiger partial charge in [0.1, 0.15) is 0 Å². The van der Waals surface area contributed by atoms with Crippen LogP contribution in [0.3, 0.4) is 0 Å². The molecule has 0 fully saturated rings. The molecule has 0 saturated carbocycles. The maximum Gasteiger partial charge on any atom is 0.0447 e. The Morgan fingerprint density at radius 3 is 2.60 bits per heavy atom. The highest BCUT2D eigenvalue weighted by molar-refractivity contribution is 14.1. The van der Waals surface area contributed by atoms with Crippen LogP contribution >= 0.6 is 50.1 Å². The Labute approximate surface area is 87.2 Å². The van der Waals surface area contributed by atoms with Gasteiger partial charge in [0.05, 0.1) is 0 Å². The van der Waals surface area contributed by atoms with Gasteiger partial charge < -0.3 is 0 Å². The van der Waals surface area contributed by atoms with E-state index in [0.29, 0.717) is 0 Å². The van der Waals surface area contributed by atoms with Crippen molar-refractivity contribution in [2.75, 3.05) is 0 Å². The molecule has 0 aliphatic rings. The summed E-state index contributed by atoms with van der Waals surface area (Å²) in [5.41, 5.74) is 1.11. The second-order valence-electron chi connectivity index (χ2n) is 1.97. The molecule has 0 amide bonds. The molecule has 1 aromatic carbocycles. The van der Waals surface area contributed by atoms with Crippen LogP contribution in [0.2, 0.25) is 5.02 Å². The third kappa shape index (κ3) is 1.66. The molecule has 0 N–H and O–H groups in total. The quantitative estimate of drug-likeness (QED) is 0.498. The summed E-state index contributed by atoms with van der Waals surface area (Å²) < 4.78 is 2.29. The molecule has 1 aromatic rings. The van der Waals surface area contributed by atoms with Crippen LogP contribution in [0, 0.1) is 10.5 Å². The summed E-state index contributed by atoms with van der Waals surface area (Å²) in [6, 6.07) is 3.89. The van der Waals surface area contributed by atoms with Gasteiger partial charge in [-0.25, -0.2) is 0 Å². The van der Waals surface area contributed by atoms with E-state index in [1.807, 2.05) is 19.1 Å². The van der Waals surface area contributed by atoms with Gasteiger partial charge in [-0.1, -0.05) is 11.6 Å². The second kappa shape index (κ2) is 3.41. The van der Waals surface area contributed by atoms with Crippen molar-refractivity contribution in [3.05, 3.63) is 30.8 Å². The van der Waals surface area contributed by atoms with Gasteiger partial charge in [-0.3, -0.25) is 0 Å². The summed E-state index contributed by atoms with van der Waals surface area (Å²) in [7, 11) is 0. The fourth-order valence-electron chi connectivity index (χ4n) is 0.628. The maximum absolute atomic E-state index is 5.85.